The molecule has 0 saturated heterocycles. The number of amides is 1. The van der Waals surface area contributed by atoms with E-state index < -0.39 is 12.1 Å². The highest BCUT2D eigenvalue weighted by Gasteiger charge is 2.39. The third-order valence-electron chi connectivity index (χ3n) is 4.32. The molecule has 22 heavy (non-hydrogen) atoms. The van der Waals surface area contributed by atoms with Gasteiger partial charge >= 0.3 is 12.1 Å². The zero-order valence-electron chi connectivity index (χ0n) is 12.7. The maximum absolute atomic E-state index is 12.5. The molecule has 0 atom stereocenters. The number of rotatable bonds is 2. The van der Waals surface area contributed by atoms with Crippen LogP contribution in [0.25, 0.3) is 0 Å². The largest absolute Gasteiger partial charge is 0.471 e. The summed E-state index contributed by atoms with van der Waals surface area (Å²) in [6.45, 7) is 0. The summed E-state index contributed by atoms with van der Waals surface area (Å²) < 4.78 is 37.4. The Kier molecular flexibility index (Phi) is 6.08. The number of halogens is 3. The minimum absolute atomic E-state index is 0.00104. The van der Waals surface area contributed by atoms with Gasteiger partial charge in [0.05, 0.1) is 6.04 Å². The molecule has 4 nitrogen and oxygen atoms in total. The average Bonchev–Trinajstić information content (AvgIpc) is 2.48. The molecule has 0 aromatic rings. The van der Waals surface area contributed by atoms with Gasteiger partial charge in [-0.3, -0.25) is 10.1 Å². The Morgan fingerprint density at radius 1 is 0.909 bits per heavy atom. The minimum atomic E-state index is -4.89. The van der Waals surface area contributed by atoms with Crippen LogP contribution in [-0.2, 0) is 4.79 Å². The Morgan fingerprint density at radius 3 is 2.00 bits per heavy atom. The number of hydrogen-bond acceptors (Lipinski definition) is 2. The van der Waals surface area contributed by atoms with Crippen molar-refractivity contribution in [1.82, 2.24) is 10.6 Å². The van der Waals surface area contributed by atoms with E-state index in [1.807, 2.05) is 5.32 Å². The maximum atomic E-state index is 12.5. The summed E-state index contributed by atoms with van der Waals surface area (Å²) in [5.41, 5.74) is 0. The molecule has 0 aromatic carbocycles. The lowest BCUT2D eigenvalue weighted by Crippen LogP contribution is -2.50. The zero-order valence-corrected chi connectivity index (χ0v) is 12.7. The number of guanidine groups is 1. The second kappa shape index (κ2) is 7.83. The topological polar surface area (TPSA) is 53.5 Å². The lowest BCUT2D eigenvalue weighted by atomic mass is 9.95. The van der Waals surface area contributed by atoms with Gasteiger partial charge in [0.2, 0.25) is 0 Å². The molecule has 2 aliphatic carbocycles. The fourth-order valence-corrected chi connectivity index (χ4v) is 3.12. The summed E-state index contributed by atoms with van der Waals surface area (Å²) in [5.74, 6) is -1.95. The fourth-order valence-electron chi connectivity index (χ4n) is 3.12. The second-order valence-corrected chi connectivity index (χ2v) is 6.20. The smallest absolute Gasteiger partial charge is 0.353 e. The van der Waals surface area contributed by atoms with Crippen LogP contribution in [-0.4, -0.2) is 30.1 Å². The summed E-state index contributed by atoms with van der Waals surface area (Å²) >= 11 is 0. The molecule has 0 aliphatic heterocycles. The van der Waals surface area contributed by atoms with Gasteiger partial charge in [-0.15, -0.1) is 0 Å². The van der Waals surface area contributed by atoms with Crippen molar-refractivity contribution in [3.05, 3.63) is 0 Å². The van der Waals surface area contributed by atoms with Gasteiger partial charge in [0, 0.05) is 6.04 Å². The molecule has 126 valence electrons. The fraction of sp³-hybridized carbons (Fsp3) is 0.867. The molecule has 1 amide bonds. The van der Waals surface area contributed by atoms with E-state index in [0.717, 1.165) is 64.2 Å². The van der Waals surface area contributed by atoms with Gasteiger partial charge in [-0.1, -0.05) is 38.5 Å². The number of nitrogens with zero attached hydrogens (tertiary/aromatic N) is 1. The van der Waals surface area contributed by atoms with Crippen LogP contribution in [0.1, 0.15) is 64.2 Å². The van der Waals surface area contributed by atoms with Gasteiger partial charge in [0.1, 0.15) is 0 Å². The van der Waals surface area contributed by atoms with Crippen LogP contribution < -0.4 is 10.6 Å². The average molecular weight is 319 g/mol. The second-order valence-electron chi connectivity index (χ2n) is 6.20. The van der Waals surface area contributed by atoms with Gasteiger partial charge in [0.25, 0.3) is 0 Å². The van der Waals surface area contributed by atoms with Crippen molar-refractivity contribution in [2.45, 2.75) is 82.5 Å². The Bertz CT molecular complexity index is 397. The highest BCUT2D eigenvalue weighted by molar-refractivity contribution is 5.99. The molecule has 0 bridgehead atoms. The lowest BCUT2D eigenvalue weighted by Gasteiger charge is -2.26. The van der Waals surface area contributed by atoms with Crippen molar-refractivity contribution < 1.29 is 18.0 Å². The predicted molar refractivity (Wildman–Crippen MR) is 78.5 cm³/mol. The van der Waals surface area contributed by atoms with Gasteiger partial charge in [-0.05, 0) is 25.7 Å². The molecule has 2 saturated carbocycles. The highest BCUT2D eigenvalue weighted by Crippen LogP contribution is 2.21. The van der Waals surface area contributed by atoms with E-state index in [1.165, 1.54) is 0 Å². The quantitative estimate of drug-likeness (QED) is 0.606. The zero-order chi connectivity index (χ0) is 16.0. The van der Waals surface area contributed by atoms with Crippen LogP contribution in [0.4, 0.5) is 13.2 Å². The predicted octanol–water partition coefficient (Wildman–Crippen LogP) is 3.28. The molecule has 0 spiro atoms. The van der Waals surface area contributed by atoms with E-state index >= 15 is 0 Å². The number of alkyl halides is 3. The van der Waals surface area contributed by atoms with Crippen LogP contribution in [0.3, 0.4) is 0 Å². The summed E-state index contributed by atoms with van der Waals surface area (Å²) in [4.78, 5) is 15.6. The van der Waals surface area contributed by atoms with Crippen molar-refractivity contribution in [3.63, 3.8) is 0 Å². The first-order chi connectivity index (χ1) is 10.4. The standard InChI is InChI=1S/C15H24F3N3O/c16-15(17,18)13(22)21-14(19-11-7-3-1-4-8-11)20-12-9-5-2-6-10-12/h11-12H,1-10H2,(H2,19,20,21,22). The Morgan fingerprint density at radius 2 is 1.45 bits per heavy atom. The number of hydrogen-bond donors (Lipinski definition) is 2. The number of carbonyl (C=O) groups is 1. The van der Waals surface area contributed by atoms with Gasteiger partial charge < -0.3 is 5.32 Å². The van der Waals surface area contributed by atoms with E-state index in [0.29, 0.717) is 0 Å². The van der Waals surface area contributed by atoms with E-state index in [4.69, 9.17) is 0 Å². The minimum Gasteiger partial charge on any atom is -0.353 e. The number of carbonyl (C=O) groups excluding carboxylic acids is 1. The molecule has 0 heterocycles. The van der Waals surface area contributed by atoms with E-state index in [2.05, 4.69) is 10.3 Å². The van der Waals surface area contributed by atoms with Crippen molar-refractivity contribution in [2.24, 2.45) is 4.99 Å². The van der Waals surface area contributed by atoms with Crippen LogP contribution in [0, 0.1) is 0 Å². The Hall–Kier alpha value is -1.27. The van der Waals surface area contributed by atoms with Gasteiger partial charge in [-0.25, -0.2) is 4.99 Å². The monoisotopic (exact) mass is 319 g/mol. The van der Waals surface area contributed by atoms with Crippen molar-refractivity contribution >= 4 is 11.9 Å². The summed E-state index contributed by atoms with van der Waals surface area (Å²) in [6, 6.07) is 0.109. The molecule has 7 heteroatoms. The molecule has 2 fully saturated rings. The summed E-state index contributed by atoms with van der Waals surface area (Å²) in [7, 11) is 0. The van der Waals surface area contributed by atoms with Crippen LogP contribution in [0.2, 0.25) is 0 Å². The normalized spacial score (nSPS) is 22.4. The van der Waals surface area contributed by atoms with Crippen molar-refractivity contribution in [3.8, 4) is 0 Å². The summed E-state index contributed by atoms with van der Waals surface area (Å²) in [5, 5.41) is 4.95. The molecular weight excluding hydrogens is 295 g/mol. The van der Waals surface area contributed by atoms with Crippen LogP contribution >= 0.6 is 0 Å². The van der Waals surface area contributed by atoms with E-state index in [9.17, 15) is 18.0 Å². The van der Waals surface area contributed by atoms with Gasteiger partial charge in [-0.2, -0.15) is 13.2 Å². The van der Waals surface area contributed by atoms with Crippen molar-refractivity contribution in [1.29, 1.82) is 0 Å². The molecule has 0 aromatic heterocycles. The molecule has 2 aliphatic rings. The number of nitrogens with one attached hydrogen (secondary N) is 2. The lowest BCUT2D eigenvalue weighted by molar-refractivity contribution is -0.172. The highest BCUT2D eigenvalue weighted by atomic mass is 19.4. The molecule has 0 unspecified atom stereocenters. The molecule has 2 rings (SSSR count). The van der Waals surface area contributed by atoms with E-state index in [1.54, 1.807) is 0 Å². The van der Waals surface area contributed by atoms with E-state index in [-0.39, 0.29) is 18.0 Å². The SMILES string of the molecule is O=C(NC(=NC1CCCCC1)NC1CCCCC1)C(F)(F)F. The Labute approximate surface area is 128 Å². The van der Waals surface area contributed by atoms with Crippen LogP contribution in [0.15, 0.2) is 4.99 Å². The van der Waals surface area contributed by atoms with Crippen LogP contribution in [0.5, 0.6) is 0 Å². The third-order valence-corrected chi connectivity index (χ3v) is 4.32. The first-order valence-electron chi connectivity index (χ1n) is 8.17. The molecule has 0 radical (unpaired) electrons. The van der Waals surface area contributed by atoms with Crippen molar-refractivity contribution in [2.75, 3.05) is 0 Å². The maximum Gasteiger partial charge on any atom is 0.471 e. The summed E-state index contributed by atoms with van der Waals surface area (Å²) in [6.07, 6.45) is 5.17. The first-order valence-corrected chi connectivity index (χ1v) is 8.17. The Balaban J connectivity index is 2.01. The van der Waals surface area contributed by atoms with Gasteiger partial charge in [0.15, 0.2) is 5.96 Å². The molecular formula is C15H24F3N3O. The molecule has 2 N–H and O–H groups in total. The first kappa shape index (κ1) is 17.1. The third kappa shape index (κ3) is 5.50. The number of aliphatic imine (C=N–C) groups is 1.